The van der Waals surface area contributed by atoms with Crippen molar-refractivity contribution in [2.45, 2.75) is 13.5 Å². The first kappa shape index (κ1) is 19.5. The van der Waals surface area contributed by atoms with Crippen LogP contribution in [0.2, 0.25) is 0 Å². The lowest BCUT2D eigenvalue weighted by atomic mass is 10.2. The number of nitrogens with one attached hydrogen (secondary N) is 3. The standard InChI is InChI=1S/C18H26N6O2/c1-15(12-22(2)18(26)21-14-25)24(13-16-6-4-3-5-7-16)17(19)23-10-8-20-9-11-23/h3-7,12,14,19-20H,8-11,13H2,1-2H3,(H,21,25,26)/b15-12+,19-17?. The molecule has 1 heterocycles. The fourth-order valence-corrected chi connectivity index (χ4v) is 2.74. The van der Waals surface area contributed by atoms with Gasteiger partial charge in [-0.1, -0.05) is 30.3 Å². The van der Waals surface area contributed by atoms with E-state index in [-0.39, 0.29) is 0 Å². The lowest BCUT2D eigenvalue weighted by molar-refractivity contribution is -0.108. The molecule has 0 atom stereocenters. The van der Waals surface area contributed by atoms with Crippen molar-refractivity contribution in [3.63, 3.8) is 0 Å². The first-order valence-corrected chi connectivity index (χ1v) is 8.54. The molecule has 26 heavy (non-hydrogen) atoms. The Hall–Kier alpha value is -2.87. The van der Waals surface area contributed by atoms with Crippen molar-refractivity contribution in [3.05, 3.63) is 47.8 Å². The maximum Gasteiger partial charge on any atom is 0.327 e. The summed E-state index contributed by atoms with van der Waals surface area (Å²) in [5.74, 6) is 0.397. The predicted octanol–water partition coefficient (Wildman–Crippen LogP) is 0.988. The average Bonchev–Trinajstić information content (AvgIpc) is 2.67. The Morgan fingerprint density at radius 2 is 1.96 bits per heavy atom. The van der Waals surface area contributed by atoms with Crippen LogP contribution < -0.4 is 10.6 Å². The zero-order valence-electron chi connectivity index (χ0n) is 15.2. The number of hydrogen-bond donors (Lipinski definition) is 3. The van der Waals surface area contributed by atoms with Crippen LogP contribution in [0.5, 0.6) is 0 Å². The van der Waals surface area contributed by atoms with E-state index >= 15 is 0 Å². The lowest BCUT2D eigenvalue weighted by Crippen LogP contribution is -2.51. The normalized spacial score (nSPS) is 14.5. The zero-order chi connectivity index (χ0) is 18.9. The maximum absolute atomic E-state index is 11.8. The van der Waals surface area contributed by atoms with Crippen molar-refractivity contribution in [2.24, 2.45) is 0 Å². The highest BCUT2D eigenvalue weighted by molar-refractivity contribution is 5.85. The molecule has 2 rings (SSSR count). The third-order valence-corrected chi connectivity index (χ3v) is 4.16. The summed E-state index contributed by atoms with van der Waals surface area (Å²) in [6, 6.07) is 9.38. The molecular formula is C18H26N6O2. The van der Waals surface area contributed by atoms with Crippen LogP contribution in [0.1, 0.15) is 12.5 Å². The molecule has 1 aliphatic rings. The fourth-order valence-electron chi connectivity index (χ4n) is 2.74. The Labute approximate surface area is 154 Å². The summed E-state index contributed by atoms with van der Waals surface area (Å²) in [4.78, 5) is 27.4. The minimum absolute atomic E-state index is 0.354. The van der Waals surface area contributed by atoms with Gasteiger partial charge in [-0.25, -0.2) is 4.79 Å². The first-order valence-electron chi connectivity index (χ1n) is 8.54. The van der Waals surface area contributed by atoms with E-state index in [0.29, 0.717) is 18.9 Å². The zero-order valence-corrected chi connectivity index (χ0v) is 15.2. The molecule has 0 aromatic heterocycles. The summed E-state index contributed by atoms with van der Waals surface area (Å²) in [5.41, 5.74) is 1.81. The number of amides is 3. The van der Waals surface area contributed by atoms with Gasteiger partial charge in [0.25, 0.3) is 0 Å². The molecule has 1 aromatic carbocycles. The Kier molecular flexibility index (Phi) is 7.16. The number of urea groups is 1. The SMILES string of the molecule is C/C(=C\N(C)C(=O)NC=O)N(Cc1ccccc1)C(=N)N1CCNCC1. The molecule has 8 heteroatoms. The van der Waals surface area contributed by atoms with Crippen LogP contribution in [-0.4, -0.2) is 66.3 Å². The van der Waals surface area contributed by atoms with Gasteiger partial charge in [0.1, 0.15) is 0 Å². The highest BCUT2D eigenvalue weighted by Crippen LogP contribution is 2.14. The summed E-state index contributed by atoms with van der Waals surface area (Å²) in [7, 11) is 1.57. The number of allylic oxidation sites excluding steroid dienone is 1. The van der Waals surface area contributed by atoms with Gasteiger partial charge in [-0.2, -0.15) is 0 Å². The highest BCUT2D eigenvalue weighted by Gasteiger charge is 2.21. The number of carbonyl (C=O) groups is 2. The summed E-state index contributed by atoms with van der Waals surface area (Å²) in [6.45, 7) is 5.58. The molecule has 1 fully saturated rings. The quantitative estimate of drug-likeness (QED) is 0.415. The predicted molar refractivity (Wildman–Crippen MR) is 100 cm³/mol. The molecule has 1 saturated heterocycles. The lowest BCUT2D eigenvalue weighted by Gasteiger charge is -2.36. The van der Waals surface area contributed by atoms with Crippen LogP contribution >= 0.6 is 0 Å². The molecule has 3 amide bonds. The van der Waals surface area contributed by atoms with E-state index in [4.69, 9.17) is 5.41 Å². The van der Waals surface area contributed by atoms with E-state index in [0.717, 1.165) is 37.4 Å². The number of piperazine rings is 1. The molecule has 0 unspecified atom stereocenters. The summed E-state index contributed by atoms with van der Waals surface area (Å²) < 4.78 is 0. The number of rotatable bonds is 5. The van der Waals surface area contributed by atoms with Gasteiger partial charge in [0.05, 0.1) is 6.54 Å². The van der Waals surface area contributed by atoms with Gasteiger partial charge in [-0.05, 0) is 12.5 Å². The fraction of sp³-hybridized carbons (Fsp3) is 0.389. The number of nitrogens with zero attached hydrogens (tertiary/aromatic N) is 3. The molecule has 0 radical (unpaired) electrons. The second-order valence-corrected chi connectivity index (χ2v) is 6.08. The van der Waals surface area contributed by atoms with Crippen LogP contribution in [-0.2, 0) is 11.3 Å². The number of benzene rings is 1. The van der Waals surface area contributed by atoms with Gasteiger partial charge in [0.2, 0.25) is 6.41 Å². The monoisotopic (exact) mass is 358 g/mol. The van der Waals surface area contributed by atoms with Crippen LogP contribution in [0.25, 0.3) is 0 Å². The molecular weight excluding hydrogens is 332 g/mol. The van der Waals surface area contributed by atoms with Crippen molar-refractivity contribution in [1.29, 1.82) is 5.41 Å². The topological polar surface area (TPSA) is 91.8 Å². The molecule has 0 aliphatic carbocycles. The molecule has 0 bridgehead atoms. The van der Waals surface area contributed by atoms with Crippen LogP contribution in [0.3, 0.4) is 0 Å². The van der Waals surface area contributed by atoms with E-state index in [1.165, 1.54) is 4.90 Å². The number of hydrogen-bond acceptors (Lipinski definition) is 4. The third kappa shape index (κ3) is 5.32. The minimum atomic E-state index is -0.521. The first-order chi connectivity index (χ1) is 12.5. The van der Waals surface area contributed by atoms with Gasteiger partial charge in [0.15, 0.2) is 5.96 Å². The Balaban J connectivity index is 2.21. The van der Waals surface area contributed by atoms with Crippen LogP contribution in [0.4, 0.5) is 4.79 Å². The molecule has 0 spiro atoms. The van der Waals surface area contributed by atoms with E-state index in [9.17, 15) is 9.59 Å². The van der Waals surface area contributed by atoms with Crippen molar-refractivity contribution in [2.75, 3.05) is 33.2 Å². The minimum Gasteiger partial charge on any atom is -0.340 e. The van der Waals surface area contributed by atoms with Crippen molar-refractivity contribution < 1.29 is 9.59 Å². The molecule has 1 aromatic rings. The Morgan fingerprint density at radius 3 is 2.58 bits per heavy atom. The van der Waals surface area contributed by atoms with Crippen molar-refractivity contribution >= 4 is 18.4 Å². The van der Waals surface area contributed by atoms with Crippen molar-refractivity contribution in [1.82, 2.24) is 25.3 Å². The largest absolute Gasteiger partial charge is 0.340 e. The summed E-state index contributed by atoms with van der Waals surface area (Å²) >= 11 is 0. The third-order valence-electron chi connectivity index (χ3n) is 4.16. The molecule has 3 N–H and O–H groups in total. The summed E-state index contributed by atoms with van der Waals surface area (Å²) in [5, 5.41) is 14.0. The molecule has 1 aliphatic heterocycles. The highest BCUT2D eigenvalue weighted by atomic mass is 16.2. The van der Waals surface area contributed by atoms with E-state index < -0.39 is 6.03 Å². The van der Waals surface area contributed by atoms with Gasteiger partial charge < -0.3 is 20.0 Å². The second kappa shape index (κ2) is 9.57. The van der Waals surface area contributed by atoms with Crippen LogP contribution in [0, 0.1) is 5.41 Å². The van der Waals surface area contributed by atoms with Gasteiger partial charge in [0, 0.05) is 45.1 Å². The van der Waals surface area contributed by atoms with Crippen molar-refractivity contribution in [3.8, 4) is 0 Å². The maximum atomic E-state index is 11.8. The number of imide groups is 1. The smallest absolute Gasteiger partial charge is 0.327 e. The van der Waals surface area contributed by atoms with Gasteiger partial charge in [-0.3, -0.25) is 15.5 Å². The Morgan fingerprint density at radius 1 is 1.31 bits per heavy atom. The van der Waals surface area contributed by atoms with E-state index in [2.05, 4.69) is 10.6 Å². The molecule has 140 valence electrons. The number of guanidine groups is 1. The molecule has 8 nitrogen and oxygen atoms in total. The Bertz CT molecular complexity index is 655. The van der Waals surface area contributed by atoms with Gasteiger partial charge in [-0.15, -0.1) is 0 Å². The van der Waals surface area contributed by atoms with E-state index in [1.807, 2.05) is 47.1 Å². The average molecular weight is 358 g/mol. The van der Waals surface area contributed by atoms with Crippen LogP contribution in [0.15, 0.2) is 42.2 Å². The van der Waals surface area contributed by atoms with Gasteiger partial charge >= 0.3 is 6.03 Å². The summed E-state index contributed by atoms with van der Waals surface area (Å²) in [6.07, 6.45) is 1.98. The molecule has 0 saturated carbocycles. The number of carbonyl (C=O) groups excluding carboxylic acids is 2. The van der Waals surface area contributed by atoms with E-state index in [1.54, 1.807) is 13.2 Å². The second-order valence-electron chi connectivity index (χ2n) is 6.08.